The number of fused-ring (bicyclic) bond motifs is 2. The molecule has 0 bridgehead atoms. The summed E-state index contributed by atoms with van der Waals surface area (Å²) in [6.07, 6.45) is 0. The van der Waals surface area contributed by atoms with E-state index in [0.717, 1.165) is 26.7 Å². The van der Waals surface area contributed by atoms with E-state index >= 15 is 0 Å². The number of para-hydroxylation sites is 2. The van der Waals surface area contributed by atoms with Crippen LogP contribution in [0.15, 0.2) is 107 Å². The van der Waals surface area contributed by atoms with Crippen LogP contribution in [-0.4, -0.2) is 16.2 Å². The Morgan fingerprint density at radius 2 is 1.39 bits per heavy atom. The Hall–Kier alpha value is -3.54. The van der Waals surface area contributed by atoms with Gasteiger partial charge < -0.3 is 15.5 Å². The molecule has 0 fully saturated rings. The standard InChI is InChI=1S/C26H19NO3S/c28-25(29)26(30,17-9-2-1-3-10-17)20-13-5-4-11-18(20)19-12-8-16-23-24(19)27-21-14-6-7-15-22(21)31-23/h1-16,27,30H,(H,28,29). The summed E-state index contributed by atoms with van der Waals surface area (Å²) >= 11 is 1.67. The normalized spacial score (nSPS) is 14.0. The molecule has 5 heteroatoms. The number of anilines is 2. The Labute approximate surface area is 184 Å². The van der Waals surface area contributed by atoms with Gasteiger partial charge >= 0.3 is 5.97 Å². The van der Waals surface area contributed by atoms with Gasteiger partial charge in [0.05, 0.1) is 11.4 Å². The topological polar surface area (TPSA) is 69.6 Å². The van der Waals surface area contributed by atoms with E-state index in [9.17, 15) is 15.0 Å². The number of hydrogen-bond acceptors (Lipinski definition) is 4. The van der Waals surface area contributed by atoms with Gasteiger partial charge in [-0.2, -0.15) is 0 Å². The first kappa shape index (κ1) is 19.4. The predicted octanol–water partition coefficient (Wildman–Crippen LogP) is 5.88. The van der Waals surface area contributed by atoms with Crippen LogP contribution >= 0.6 is 11.8 Å². The number of benzene rings is 4. The number of carboxylic acids is 1. The molecule has 0 aliphatic carbocycles. The van der Waals surface area contributed by atoms with Crippen molar-refractivity contribution in [3.63, 3.8) is 0 Å². The third-order valence-corrected chi connectivity index (χ3v) is 6.64. The van der Waals surface area contributed by atoms with Crippen molar-refractivity contribution in [2.45, 2.75) is 15.4 Å². The molecule has 0 amide bonds. The third-order valence-electron chi connectivity index (χ3n) is 5.50. The smallest absolute Gasteiger partial charge is 0.345 e. The van der Waals surface area contributed by atoms with Crippen LogP contribution in [0.3, 0.4) is 0 Å². The lowest BCUT2D eigenvalue weighted by molar-refractivity contribution is -0.155. The molecule has 0 spiro atoms. The van der Waals surface area contributed by atoms with E-state index in [4.69, 9.17) is 0 Å². The Kier molecular flexibility index (Phi) is 4.77. The average molecular weight is 426 g/mol. The largest absolute Gasteiger partial charge is 0.479 e. The van der Waals surface area contributed by atoms with Crippen molar-refractivity contribution >= 4 is 29.1 Å². The van der Waals surface area contributed by atoms with Gasteiger partial charge in [-0.25, -0.2) is 4.79 Å². The number of aliphatic hydroxyl groups is 1. The van der Waals surface area contributed by atoms with Crippen LogP contribution in [0.1, 0.15) is 11.1 Å². The van der Waals surface area contributed by atoms with E-state index in [0.29, 0.717) is 16.7 Å². The molecule has 1 aliphatic rings. The Bertz CT molecular complexity index is 1290. The highest BCUT2D eigenvalue weighted by molar-refractivity contribution is 7.99. The number of rotatable bonds is 4. The molecule has 1 aliphatic heterocycles. The van der Waals surface area contributed by atoms with Crippen LogP contribution < -0.4 is 5.32 Å². The van der Waals surface area contributed by atoms with Crippen molar-refractivity contribution in [1.29, 1.82) is 0 Å². The zero-order chi connectivity index (χ0) is 21.4. The predicted molar refractivity (Wildman–Crippen MR) is 123 cm³/mol. The second kappa shape index (κ2) is 7.61. The highest BCUT2D eigenvalue weighted by Crippen LogP contribution is 2.49. The van der Waals surface area contributed by atoms with Crippen molar-refractivity contribution in [1.82, 2.24) is 0 Å². The number of carboxylic acid groups (broad SMARTS) is 1. The molecule has 1 atom stereocenters. The second-order valence-corrected chi connectivity index (χ2v) is 8.41. The molecule has 1 unspecified atom stereocenters. The highest BCUT2D eigenvalue weighted by Gasteiger charge is 2.42. The van der Waals surface area contributed by atoms with Gasteiger partial charge in [0.2, 0.25) is 5.60 Å². The molecular weight excluding hydrogens is 406 g/mol. The maximum atomic E-state index is 12.4. The number of hydrogen-bond donors (Lipinski definition) is 3. The second-order valence-electron chi connectivity index (χ2n) is 7.33. The first-order valence-corrected chi connectivity index (χ1v) is 10.7. The van der Waals surface area contributed by atoms with Gasteiger partial charge in [0.1, 0.15) is 0 Å². The molecule has 4 aromatic carbocycles. The van der Waals surface area contributed by atoms with E-state index < -0.39 is 11.6 Å². The number of carbonyl (C=O) groups is 1. The zero-order valence-corrected chi connectivity index (χ0v) is 17.3. The summed E-state index contributed by atoms with van der Waals surface area (Å²) in [6.45, 7) is 0. The van der Waals surface area contributed by atoms with E-state index in [1.54, 1.807) is 54.2 Å². The SMILES string of the molecule is O=C(O)C(O)(c1ccccc1)c1ccccc1-c1cccc2c1Nc1ccccc1S2. The van der Waals surface area contributed by atoms with Gasteiger partial charge in [-0.3, -0.25) is 0 Å². The number of aliphatic carboxylic acids is 1. The molecule has 1 heterocycles. The molecule has 0 saturated carbocycles. The van der Waals surface area contributed by atoms with Crippen molar-refractivity contribution in [2.75, 3.05) is 5.32 Å². The van der Waals surface area contributed by atoms with E-state index in [1.807, 2.05) is 48.5 Å². The van der Waals surface area contributed by atoms with Crippen molar-refractivity contribution < 1.29 is 15.0 Å². The fourth-order valence-corrected chi connectivity index (χ4v) is 5.01. The quantitative estimate of drug-likeness (QED) is 0.335. The van der Waals surface area contributed by atoms with Crippen LogP contribution in [-0.2, 0) is 10.4 Å². The molecule has 5 rings (SSSR count). The van der Waals surface area contributed by atoms with Crippen molar-refractivity contribution in [3.8, 4) is 11.1 Å². The molecule has 4 nitrogen and oxygen atoms in total. The van der Waals surface area contributed by atoms with Gasteiger partial charge in [0.15, 0.2) is 0 Å². The maximum absolute atomic E-state index is 12.4. The van der Waals surface area contributed by atoms with Gasteiger partial charge in [0.25, 0.3) is 0 Å². The zero-order valence-electron chi connectivity index (χ0n) is 16.4. The Balaban J connectivity index is 1.71. The molecule has 0 radical (unpaired) electrons. The van der Waals surface area contributed by atoms with Crippen LogP contribution in [0.2, 0.25) is 0 Å². The molecule has 4 aromatic rings. The Morgan fingerprint density at radius 3 is 2.19 bits per heavy atom. The Morgan fingerprint density at radius 1 is 0.742 bits per heavy atom. The molecule has 3 N–H and O–H groups in total. The maximum Gasteiger partial charge on any atom is 0.345 e. The summed E-state index contributed by atoms with van der Waals surface area (Å²) in [4.78, 5) is 14.6. The summed E-state index contributed by atoms with van der Waals surface area (Å²) in [5.74, 6) is -1.32. The minimum absolute atomic E-state index is 0.312. The first-order chi connectivity index (χ1) is 15.1. The van der Waals surface area contributed by atoms with E-state index in [1.165, 1.54) is 0 Å². The third kappa shape index (κ3) is 3.19. The highest BCUT2D eigenvalue weighted by atomic mass is 32.2. The van der Waals surface area contributed by atoms with Crippen LogP contribution in [0.25, 0.3) is 11.1 Å². The lowest BCUT2D eigenvalue weighted by Gasteiger charge is -2.29. The minimum atomic E-state index is -2.18. The molecule has 31 heavy (non-hydrogen) atoms. The fraction of sp³-hybridized carbons (Fsp3) is 0.0385. The number of nitrogens with one attached hydrogen (secondary N) is 1. The van der Waals surface area contributed by atoms with Gasteiger partial charge in [0, 0.05) is 20.9 Å². The average Bonchev–Trinajstić information content (AvgIpc) is 2.82. The summed E-state index contributed by atoms with van der Waals surface area (Å²) in [5.41, 5.74) is 1.87. The van der Waals surface area contributed by atoms with Crippen molar-refractivity contribution in [2.24, 2.45) is 0 Å². The van der Waals surface area contributed by atoms with Crippen molar-refractivity contribution in [3.05, 3.63) is 108 Å². The first-order valence-electron chi connectivity index (χ1n) is 9.87. The van der Waals surface area contributed by atoms with E-state index in [2.05, 4.69) is 11.4 Å². The summed E-state index contributed by atoms with van der Waals surface area (Å²) in [7, 11) is 0. The molecule has 0 saturated heterocycles. The minimum Gasteiger partial charge on any atom is -0.479 e. The fourth-order valence-electron chi connectivity index (χ4n) is 3.99. The van der Waals surface area contributed by atoms with E-state index in [-0.39, 0.29) is 0 Å². The van der Waals surface area contributed by atoms with Crippen LogP contribution in [0, 0.1) is 0 Å². The van der Waals surface area contributed by atoms with Gasteiger partial charge in [-0.1, -0.05) is 90.6 Å². The lowest BCUT2D eigenvalue weighted by Crippen LogP contribution is -2.37. The van der Waals surface area contributed by atoms with Gasteiger partial charge in [-0.05, 0) is 29.3 Å². The molecule has 152 valence electrons. The molecule has 0 aromatic heterocycles. The van der Waals surface area contributed by atoms with Gasteiger partial charge in [-0.15, -0.1) is 0 Å². The molecular formula is C26H19NO3S. The summed E-state index contributed by atoms with van der Waals surface area (Å²) < 4.78 is 0. The lowest BCUT2D eigenvalue weighted by atomic mass is 9.81. The monoisotopic (exact) mass is 425 g/mol. The van der Waals surface area contributed by atoms with Crippen LogP contribution in [0.4, 0.5) is 11.4 Å². The summed E-state index contributed by atoms with van der Waals surface area (Å²) in [5, 5.41) is 25.1. The van der Waals surface area contributed by atoms with Crippen LogP contribution in [0.5, 0.6) is 0 Å². The summed E-state index contributed by atoms with van der Waals surface area (Å²) in [6, 6.07) is 29.7.